The maximum absolute atomic E-state index is 12.8. The first-order valence-corrected chi connectivity index (χ1v) is 6.48. The van der Waals surface area contributed by atoms with E-state index < -0.39 is 0 Å². The molecular weight excluding hydrogens is 267 g/mol. The molecule has 0 atom stereocenters. The number of amides is 1. The molecule has 0 aliphatic rings. The van der Waals surface area contributed by atoms with Gasteiger partial charge >= 0.3 is 0 Å². The Morgan fingerprint density at radius 3 is 2.43 bits per heavy atom. The van der Waals surface area contributed by atoms with E-state index in [0.29, 0.717) is 11.3 Å². The highest BCUT2D eigenvalue weighted by atomic mass is 19.1. The van der Waals surface area contributed by atoms with Crippen LogP contribution in [-0.4, -0.2) is 11.6 Å². The molecule has 0 aromatic heterocycles. The fraction of sp³-hybridized carbons (Fsp3) is 0.0588. The quantitative estimate of drug-likeness (QED) is 0.675. The van der Waals surface area contributed by atoms with Crippen LogP contribution >= 0.6 is 0 Å². The summed E-state index contributed by atoms with van der Waals surface area (Å²) in [6, 6.07) is 15.1. The SMILES string of the molecule is CC(/C=C/c1ccccc1)=N\NC(=O)c1ccc(F)cc1. The Labute approximate surface area is 122 Å². The van der Waals surface area contributed by atoms with E-state index >= 15 is 0 Å². The predicted molar refractivity (Wildman–Crippen MR) is 82.5 cm³/mol. The predicted octanol–water partition coefficient (Wildman–Crippen LogP) is 3.64. The molecule has 0 aliphatic heterocycles. The van der Waals surface area contributed by atoms with E-state index in [9.17, 15) is 9.18 Å². The van der Waals surface area contributed by atoms with E-state index in [1.165, 1.54) is 24.3 Å². The number of hydrazone groups is 1. The van der Waals surface area contributed by atoms with Gasteiger partial charge in [-0.3, -0.25) is 4.79 Å². The van der Waals surface area contributed by atoms with Crippen LogP contribution < -0.4 is 5.43 Å². The van der Waals surface area contributed by atoms with Gasteiger partial charge in [-0.15, -0.1) is 0 Å². The zero-order valence-electron chi connectivity index (χ0n) is 11.6. The zero-order chi connectivity index (χ0) is 15.1. The molecule has 0 bridgehead atoms. The molecule has 0 unspecified atom stereocenters. The highest BCUT2D eigenvalue weighted by Crippen LogP contribution is 2.03. The van der Waals surface area contributed by atoms with Crippen LogP contribution in [0.15, 0.2) is 65.8 Å². The summed E-state index contributed by atoms with van der Waals surface area (Å²) >= 11 is 0. The summed E-state index contributed by atoms with van der Waals surface area (Å²) in [5.74, 6) is -0.750. The minimum absolute atomic E-state index is 0.361. The summed E-state index contributed by atoms with van der Waals surface area (Å²) in [6.45, 7) is 1.78. The topological polar surface area (TPSA) is 41.5 Å². The summed E-state index contributed by atoms with van der Waals surface area (Å²) in [5, 5.41) is 3.97. The molecule has 1 amide bonds. The van der Waals surface area contributed by atoms with Gasteiger partial charge in [-0.2, -0.15) is 5.10 Å². The number of carbonyl (C=O) groups is 1. The Morgan fingerprint density at radius 2 is 1.76 bits per heavy atom. The number of nitrogens with zero attached hydrogens (tertiary/aromatic N) is 1. The second-order valence-corrected chi connectivity index (χ2v) is 4.45. The standard InChI is InChI=1S/C17H15FN2O/c1-13(7-8-14-5-3-2-4-6-14)19-20-17(21)15-9-11-16(18)12-10-15/h2-12H,1H3,(H,20,21)/b8-7+,19-13+. The van der Waals surface area contributed by atoms with Gasteiger partial charge in [-0.05, 0) is 42.8 Å². The average molecular weight is 282 g/mol. The number of carbonyl (C=O) groups excluding carboxylic acids is 1. The van der Waals surface area contributed by atoms with E-state index in [4.69, 9.17) is 0 Å². The number of halogens is 1. The molecule has 0 saturated carbocycles. The van der Waals surface area contributed by atoms with Crippen LogP contribution in [0.3, 0.4) is 0 Å². The third-order valence-electron chi connectivity index (χ3n) is 2.76. The summed E-state index contributed by atoms with van der Waals surface area (Å²) in [5.41, 5.74) is 4.50. The van der Waals surface area contributed by atoms with Crippen LogP contribution in [0.1, 0.15) is 22.8 Å². The van der Waals surface area contributed by atoms with Gasteiger partial charge in [0, 0.05) is 5.56 Å². The molecule has 106 valence electrons. The van der Waals surface area contributed by atoms with Gasteiger partial charge in [0.15, 0.2) is 0 Å². The maximum atomic E-state index is 12.8. The number of rotatable bonds is 4. The average Bonchev–Trinajstić information content (AvgIpc) is 2.52. The van der Waals surface area contributed by atoms with E-state index in [-0.39, 0.29) is 11.7 Å². The highest BCUT2D eigenvalue weighted by Gasteiger charge is 2.03. The van der Waals surface area contributed by atoms with Crippen molar-refractivity contribution in [3.63, 3.8) is 0 Å². The van der Waals surface area contributed by atoms with Crippen LogP contribution in [0.2, 0.25) is 0 Å². The van der Waals surface area contributed by atoms with Crippen molar-refractivity contribution in [2.24, 2.45) is 5.10 Å². The van der Waals surface area contributed by atoms with Gasteiger partial charge in [-0.1, -0.05) is 36.4 Å². The monoisotopic (exact) mass is 282 g/mol. The molecular formula is C17H15FN2O. The molecule has 4 heteroatoms. The zero-order valence-corrected chi connectivity index (χ0v) is 11.6. The Hall–Kier alpha value is -2.75. The number of benzene rings is 2. The lowest BCUT2D eigenvalue weighted by Crippen LogP contribution is -2.18. The summed E-state index contributed by atoms with van der Waals surface area (Å²) in [7, 11) is 0. The van der Waals surface area contributed by atoms with E-state index in [1.807, 2.05) is 36.4 Å². The molecule has 0 spiro atoms. The van der Waals surface area contributed by atoms with Crippen molar-refractivity contribution >= 4 is 17.7 Å². The second kappa shape index (κ2) is 7.14. The minimum Gasteiger partial charge on any atom is -0.267 e. The van der Waals surface area contributed by atoms with Crippen molar-refractivity contribution in [3.8, 4) is 0 Å². The van der Waals surface area contributed by atoms with Gasteiger partial charge in [0.25, 0.3) is 5.91 Å². The molecule has 0 fully saturated rings. The summed E-state index contributed by atoms with van der Waals surface area (Å²) in [4.78, 5) is 11.8. The Balaban J connectivity index is 1.95. The number of allylic oxidation sites excluding steroid dienone is 1. The van der Waals surface area contributed by atoms with Gasteiger partial charge < -0.3 is 0 Å². The Morgan fingerprint density at radius 1 is 1.10 bits per heavy atom. The Bertz CT molecular complexity index is 661. The third kappa shape index (κ3) is 4.69. The third-order valence-corrected chi connectivity index (χ3v) is 2.76. The maximum Gasteiger partial charge on any atom is 0.271 e. The summed E-state index contributed by atoms with van der Waals surface area (Å²) < 4.78 is 12.8. The smallest absolute Gasteiger partial charge is 0.267 e. The van der Waals surface area contributed by atoms with Crippen LogP contribution in [0.5, 0.6) is 0 Å². The highest BCUT2D eigenvalue weighted by molar-refractivity contribution is 5.99. The lowest BCUT2D eigenvalue weighted by molar-refractivity contribution is 0.0955. The van der Waals surface area contributed by atoms with Gasteiger partial charge in [0.2, 0.25) is 0 Å². The first-order valence-electron chi connectivity index (χ1n) is 6.48. The largest absolute Gasteiger partial charge is 0.271 e. The molecule has 2 rings (SSSR count). The van der Waals surface area contributed by atoms with Gasteiger partial charge in [0.1, 0.15) is 5.82 Å². The van der Waals surface area contributed by atoms with Gasteiger partial charge in [0.05, 0.1) is 5.71 Å². The number of hydrogen-bond donors (Lipinski definition) is 1. The number of nitrogens with one attached hydrogen (secondary N) is 1. The molecule has 0 aliphatic carbocycles. The normalized spacial score (nSPS) is 11.6. The minimum atomic E-state index is -0.378. The van der Waals surface area contributed by atoms with Crippen LogP contribution in [0, 0.1) is 5.82 Å². The first kappa shape index (κ1) is 14.7. The molecule has 2 aromatic rings. The van der Waals surface area contributed by atoms with Crippen molar-refractivity contribution in [1.82, 2.24) is 5.43 Å². The fourth-order valence-corrected chi connectivity index (χ4v) is 1.62. The lowest BCUT2D eigenvalue weighted by Gasteiger charge is -2.00. The van der Waals surface area contributed by atoms with Gasteiger partial charge in [-0.25, -0.2) is 9.82 Å². The second-order valence-electron chi connectivity index (χ2n) is 4.45. The lowest BCUT2D eigenvalue weighted by atomic mass is 10.2. The van der Waals surface area contributed by atoms with Crippen molar-refractivity contribution in [2.75, 3.05) is 0 Å². The molecule has 21 heavy (non-hydrogen) atoms. The molecule has 2 aromatic carbocycles. The molecule has 0 heterocycles. The van der Waals surface area contributed by atoms with E-state index in [1.54, 1.807) is 13.0 Å². The van der Waals surface area contributed by atoms with E-state index in [0.717, 1.165) is 5.56 Å². The molecule has 0 saturated heterocycles. The van der Waals surface area contributed by atoms with Crippen LogP contribution in [-0.2, 0) is 0 Å². The Kier molecular flexibility index (Phi) is 4.99. The summed E-state index contributed by atoms with van der Waals surface area (Å²) in [6.07, 6.45) is 3.71. The molecule has 1 N–H and O–H groups in total. The molecule has 3 nitrogen and oxygen atoms in total. The van der Waals surface area contributed by atoms with Crippen molar-refractivity contribution < 1.29 is 9.18 Å². The van der Waals surface area contributed by atoms with Crippen LogP contribution in [0.4, 0.5) is 4.39 Å². The fourth-order valence-electron chi connectivity index (χ4n) is 1.62. The van der Waals surface area contributed by atoms with Crippen molar-refractivity contribution in [1.29, 1.82) is 0 Å². The van der Waals surface area contributed by atoms with E-state index in [2.05, 4.69) is 10.5 Å². The van der Waals surface area contributed by atoms with Crippen molar-refractivity contribution in [2.45, 2.75) is 6.92 Å². The van der Waals surface area contributed by atoms with Crippen molar-refractivity contribution in [3.05, 3.63) is 77.6 Å². The van der Waals surface area contributed by atoms with Crippen LogP contribution in [0.25, 0.3) is 6.08 Å². The number of hydrogen-bond acceptors (Lipinski definition) is 2. The first-order chi connectivity index (χ1) is 10.1. The molecule has 0 radical (unpaired) electrons.